The lowest BCUT2D eigenvalue weighted by Crippen LogP contribution is -2.16. The molecule has 0 bridgehead atoms. The molecule has 0 aliphatic rings. The summed E-state index contributed by atoms with van der Waals surface area (Å²) in [6.07, 6.45) is -5.04. The number of carbonyl (C=O) groups excluding carboxylic acids is 1. The highest BCUT2D eigenvalue weighted by Crippen LogP contribution is 2.33. The molecule has 0 aromatic heterocycles. The monoisotopic (exact) mass is 377 g/mol. The molecule has 2 aromatic carbocycles. The second-order valence-corrected chi connectivity index (χ2v) is 6.50. The normalized spacial score (nSPS) is 11.9. The van der Waals surface area contributed by atoms with Gasteiger partial charge in [0.05, 0.1) is 23.1 Å². The molecular formula is C15H11F4NO4S. The number of alkyl halides is 3. The fourth-order valence-corrected chi connectivity index (χ4v) is 3.01. The fourth-order valence-electron chi connectivity index (χ4n) is 1.93. The minimum atomic E-state index is -5.04. The Morgan fingerprint density at radius 3 is 2.40 bits per heavy atom. The van der Waals surface area contributed by atoms with Crippen molar-refractivity contribution in [1.82, 2.24) is 0 Å². The Labute approximate surface area is 140 Å². The number of methoxy groups -OCH3 is 1. The molecular weight excluding hydrogens is 366 g/mol. The molecule has 0 atom stereocenters. The number of rotatable bonds is 4. The van der Waals surface area contributed by atoms with Gasteiger partial charge in [0.25, 0.3) is 10.0 Å². The number of benzene rings is 2. The van der Waals surface area contributed by atoms with Crippen LogP contribution in [0.4, 0.5) is 23.2 Å². The van der Waals surface area contributed by atoms with E-state index in [1.165, 1.54) is 18.2 Å². The molecule has 0 aliphatic heterocycles. The van der Waals surface area contributed by atoms with E-state index in [2.05, 4.69) is 4.74 Å². The SMILES string of the molecule is COC(=O)c1cccc(NS(=O)(=O)c2ccc(F)c(C(F)(F)F)c2)c1. The zero-order chi connectivity index (χ0) is 18.8. The summed E-state index contributed by atoms with van der Waals surface area (Å²) < 4.78 is 82.4. The van der Waals surface area contributed by atoms with E-state index in [-0.39, 0.29) is 17.3 Å². The Kier molecular flexibility index (Phi) is 5.02. The van der Waals surface area contributed by atoms with Gasteiger partial charge in [0.15, 0.2) is 0 Å². The van der Waals surface area contributed by atoms with Gasteiger partial charge in [0, 0.05) is 5.69 Å². The zero-order valence-electron chi connectivity index (χ0n) is 12.6. The van der Waals surface area contributed by atoms with E-state index in [1.54, 1.807) is 0 Å². The van der Waals surface area contributed by atoms with Crippen molar-refractivity contribution in [3.05, 3.63) is 59.4 Å². The van der Waals surface area contributed by atoms with E-state index in [1.807, 2.05) is 4.72 Å². The molecule has 2 aromatic rings. The molecule has 0 saturated carbocycles. The number of ether oxygens (including phenoxy) is 1. The molecule has 0 heterocycles. The summed E-state index contributed by atoms with van der Waals surface area (Å²) in [4.78, 5) is 10.7. The third kappa shape index (κ3) is 4.27. The van der Waals surface area contributed by atoms with Crippen LogP contribution in [-0.2, 0) is 20.9 Å². The molecule has 0 fully saturated rings. The molecule has 1 N–H and O–H groups in total. The summed E-state index contributed by atoms with van der Waals surface area (Å²) >= 11 is 0. The molecule has 5 nitrogen and oxygen atoms in total. The van der Waals surface area contributed by atoms with E-state index in [9.17, 15) is 30.8 Å². The van der Waals surface area contributed by atoms with Crippen LogP contribution >= 0.6 is 0 Å². The maximum Gasteiger partial charge on any atom is 0.419 e. The molecule has 134 valence electrons. The average Bonchev–Trinajstić information content (AvgIpc) is 2.53. The van der Waals surface area contributed by atoms with E-state index in [4.69, 9.17) is 0 Å². The van der Waals surface area contributed by atoms with Crippen molar-refractivity contribution >= 4 is 21.7 Å². The summed E-state index contributed by atoms with van der Waals surface area (Å²) in [6.45, 7) is 0. The van der Waals surface area contributed by atoms with Gasteiger partial charge in [-0.1, -0.05) is 6.07 Å². The number of nitrogens with one attached hydrogen (secondary N) is 1. The van der Waals surface area contributed by atoms with Crippen molar-refractivity contribution in [3.63, 3.8) is 0 Å². The Balaban J connectivity index is 2.39. The topological polar surface area (TPSA) is 72.5 Å². The molecule has 25 heavy (non-hydrogen) atoms. The van der Waals surface area contributed by atoms with Crippen LogP contribution in [0.1, 0.15) is 15.9 Å². The van der Waals surface area contributed by atoms with Crippen LogP contribution in [0.3, 0.4) is 0 Å². The van der Waals surface area contributed by atoms with Gasteiger partial charge in [-0.05, 0) is 36.4 Å². The molecule has 0 spiro atoms. The third-order valence-corrected chi connectivity index (χ3v) is 4.47. The highest BCUT2D eigenvalue weighted by Gasteiger charge is 2.35. The maximum absolute atomic E-state index is 13.3. The number of hydrogen-bond donors (Lipinski definition) is 1. The number of halogens is 4. The summed E-state index contributed by atoms with van der Waals surface area (Å²) in [5.41, 5.74) is -1.72. The first-order valence-corrected chi connectivity index (χ1v) is 8.11. The van der Waals surface area contributed by atoms with Gasteiger partial charge in [-0.25, -0.2) is 17.6 Å². The summed E-state index contributed by atoms with van der Waals surface area (Å²) in [6, 6.07) is 6.48. The number of hydrogen-bond acceptors (Lipinski definition) is 4. The van der Waals surface area contributed by atoms with Gasteiger partial charge in [0.2, 0.25) is 0 Å². The minimum absolute atomic E-state index is 0.0396. The number of carbonyl (C=O) groups is 1. The van der Waals surface area contributed by atoms with Crippen molar-refractivity contribution in [2.75, 3.05) is 11.8 Å². The van der Waals surface area contributed by atoms with Gasteiger partial charge >= 0.3 is 12.1 Å². The van der Waals surface area contributed by atoms with Gasteiger partial charge in [0.1, 0.15) is 5.82 Å². The number of sulfonamides is 1. The lowest BCUT2D eigenvalue weighted by atomic mass is 10.2. The summed E-state index contributed by atoms with van der Waals surface area (Å²) in [7, 11) is -3.30. The quantitative estimate of drug-likeness (QED) is 0.655. The molecule has 0 radical (unpaired) electrons. The van der Waals surface area contributed by atoms with Gasteiger partial charge in [-0.2, -0.15) is 13.2 Å². The van der Waals surface area contributed by atoms with Crippen molar-refractivity contribution < 1.29 is 35.5 Å². The van der Waals surface area contributed by atoms with Gasteiger partial charge in [-0.3, -0.25) is 4.72 Å². The van der Waals surface area contributed by atoms with Crippen molar-refractivity contribution in [1.29, 1.82) is 0 Å². The van der Waals surface area contributed by atoms with Crippen LogP contribution < -0.4 is 4.72 Å². The molecule has 0 aliphatic carbocycles. The predicted molar refractivity (Wildman–Crippen MR) is 80.0 cm³/mol. The summed E-state index contributed by atoms with van der Waals surface area (Å²) in [5.74, 6) is -2.30. The number of anilines is 1. The first-order valence-electron chi connectivity index (χ1n) is 6.62. The van der Waals surface area contributed by atoms with Crippen LogP contribution in [0, 0.1) is 5.82 Å². The second-order valence-electron chi connectivity index (χ2n) is 4.82. The van der Waals surface area contributed by atoms with E-state index in [0.717, 1.165) is 13.2 Å². The summed E-state index contributed by atoms with van der Waals surface area (Å²) in [5, 5.41) is 0. The third-order valence-electron chi connectivity index (χ3n) is 3.09. The number of esters is 1. The molecule has 2 rings (SSSR count). The van der Waals surface area contributed by atoms with E-state index < -0.39 is 38.4 Å². The van der Waals surface area contributed by atoms with Crippen molar-refractivity contribution in [2.45, 2.75) is 11.1 Å². The Morgan fingerprint density at radius 1 is 1.12 bits per heavy atom. The first kappa shape index (κ1) is 18.7. The second kappa shape index (κ2) is 6.71. The fraction of sp³-hybridized carbons (Fsp3) is 0.133. The molecule has 0 amide bonds. The Hall–Kier alpha value is -2.62. The van der Waals surface area contributed by atoms with E-state index >= 15 is 0 Å². The highest BCUT2D eigenvalue weighted by molar-refractivity contribution is 7.92. The standard InChI is InChI=1S/C15H11F4NO4S/c1-24-14(21)9-3-2-4-10(7-9)20-25(22,23)11-5-6-13(16)12(8-11)15(17,18)19/h2-8,20H,1H3. The highest BCUT2D eigenvalue weighted by atomic mass is 32.2. The zero-order valence-corrected chi connectivity index (χ0v) is 13.4. The Bertz CT molecular complexity index is 910. The molecule has 0 unspecified atom stereocenters. The smallest absolute Gasteiger partial charge is 0.419 e. The maximum atomic E-state index is 13.3. The largest absolute Gasteiger partial charge is 0.465 e. The Morgan fingerprint density at radius 2 is 1.80 bits per heavy atom. The average molecular weight is 377 g/mol. The van der Waals surface area contributed by atoms with Crippen molar-refractivity contribution in [2.24, 2.45) is 0 Å². The van der Waals surface area contributed by atoms with Gasteiger partial charge < -0.3 is 4.74 Å². The van der Waals surface area contributed by atoms with Gasteiger partial charge in [-0.15, -0.1) is 0 Å². The van der Waals surface area contributed by atoms with Crippen LogP contribution in [-0.4, -0.2) is 21.5 Å². The van der Waals surface area contributed by atoms with Crippen LogP contribution in [0.25, 0.3) is 0 Å². The van der Waals surface area contributed by atoms with Crippen LogP contribution in [0.2, 0.25) is 0 Å². The van der Waals surface area contributed by atoms with E-state index in [0.29, 0.717) is 12.1 Å². The lowest BCUT2D eigenvalue weighted by molar-refractivity contribution is -0.140. The predicted octanol–water partition coefficient (Wildman–Crippen LogP) is 3.43. The molecule has 0 saturated heterocycles. The van der Waals surface area contributed by atoms with Crippen LogP contribution in [0.5, 0.6) is 0 Å². The van der Waals surface area contributed by atoms with Crippen LogP contribution in [0.15, 0.2) is 47.4 Å². The minimum Gasteiger partial charge on any atom is -0.465 e. The van der Waals surface area contributed by atoms with Crippen molar-refractivity contribution in [3.8, 4) is 0 Å². The lowest BCUT2D eigenvalue weighted by Gasteiger charge is -2.12. The first-order chi connectivity index (χ1) is 11.5. The molecule has 10 heteroatoms.